The van der Waals surface area contributed by atoms with Crippen molar-refractivity contribution in [3.05, 3.63) is 120 Å². The van der Waals surface area contributed by atoms with Crippen molar-refractivity contribution < 1.29 is 39.6 Å². The zero-order chi connectivity index (χ0) is 56.7. The van der Waals surface area contributed by atoms with Gasteiger partial charge in [0.15, 0.2) is 34.6 Å². The average molecular weight is 1080 g/mol. The Balaban J connectivity index is 1.12. The summed E-state index contributed by atoms with van der Waals surface area (Å²) in [5.41, 5.74) is 12.2. The van der Waals surface area contributed by atoms with Crippen LogP contribution in [-0.4, -0.2) is 126 Å². The van der Waals surface area contributed by atoms with E-state index in [0.717, 1.165) is 9.36 Å². The zero-order valence-electron chi connectivity index (χ0n) is 41.0. The molecule has 79 heavy (non-hydrogen) atoms. The third-order valence-electron chi connectivity index (χ3n) is 11.1. The van der Waals surface area contributed by atoms with Crippen LogP contribution in [0, 0.1) is 31.8 Å². The number of azo groups is 2. The van der Waals surface area contributed by atoms with Crippen molar-refractivity contribution in [1.29, 1.82) is 5.26 Å². The fraction of sp³-hybridized carbons (Fsp3) is 0.200. The van der Waals surface area contributed by atoms with Crippen LogP contribution in [0.5, 0.6) is 0 Å². The summed E-state index contributed by atoms with van der Waals surface area (Å²) in [6.45, 7) is 11.2. The van der Waals surface area contributed by atoms with Gasteiger partial charge in [0.2, 0.25) is 11.9 Å². The topological polar surface area (TPSA) is 491 Å². The maximum absolute atomic E-state index is 12.4. The number of nitrogens with zero attached hydrogens (tertiary/aromatic N) is 18. The predicted octanol–water partition coefficient (Wildman–Crippen LogP) is 3.77. The van der Waals surface area contributed by atoms with E-state index in [0.29, 0.717) is 0 Å². The quantitative estimate of drug-likeness (QED) is 0.0341. The standard InChI is InChI=1S/C45H40N24O10/c1-20-31(34(47)68(62-20)42-52-40(54-44(78)56-42)50-17-15-29(70)71)58-60-36-26(19-46)27(64-66(36)24-11-7-22(8-12-24)38(74)75)5-4-6-28-33(49-3)37(67(65-28)25-13-9-23(10-14-25)39(76)77)61-59-32-21(2)63-69(35(32)48)43-53-41(55-45(79)57-43)51-18-16-30(72)73/h7-14H,4-6,15-18,47-48H2,1-2H3,(H,70,71)(H,72,73)(H,74,75)(H,76,77)(H2,50,52,54,56,78)(H2,51,53,55,57,79). The second-order valence-electron chi connectivity index (χ2n) is 16.5. The van der Waals surface area contributed by atoms with Crippen LogP contribution in [0.3, 0.4) is 0 Å². The van der Waals surface area contributed by atoms with Gasteiger partial charge in [0.1, 0.15) is 11.6 Å². The van der Waals surface area contributed by atoms with Gasteiger partial charge in [0, 0.05) is 13.1 Å². The largest absolute Gasteiger partial charge is 0.481 e. The maximum Gasteiger partial charge on any atom is 0.351 e. The summed E-state index contributed by atoms with van der Waals surface area (Å²) in [7, 11) is 0. The first kappa shape index (κ1) is 53.5. The number of benzene rings is 2. The highest BCUT2D eigenvalue weighted by molar-refractivity contribution is 5.88. The molecule has 34 nitrogen and oxygen atoms in total. The molecule has 0 unspecified atom stereocenters. The number of hydrogen-bond acceptors (Lipinski definition) is 23. The van der Waals surface area contributed by atoms with E-state index >= 15 is 0 Å². The normalized spacial score (nSPS) is 11.2. The minimum absolute atomic E-state index is 0.0210. The van der Waals surface area contributed by atoms with Crippen LogP contribution in [0.15, 0.2) is 78.6 Å². The number of rotatable bonds is 22. The Kier molecular flexibility index (Phi) is 15.4. The van der Waals surface area contributed by atoms with E-state index in [1.807, 2.05) is 0 Å². The Bertz CT molecular complexity index is 3730. The van der Waals surface area contributed by atoms with Crippen molar-refractivity contribution in [3.8, 4) is 29.3 Å². The molecule has 6 heterocycles. The van der Waals surface area contributed by atoms with Gasteiger partial charge in [-0.2, -0.15) is 55.0 Å². The molecule has 6 aromatic heterocycles. The summed E-state index contributed by atoms with van der Waals surface area (Å²) in [6.07, 6.45) is -0.277. The molecule has 0 atom stereocenters. The highest BCUT2D eigenvalue weighted by Crippen LogP contribution is 2.39. The van der Waals surface area contributed by atoms with Gasteiger partial charge in [-0.25, -0.2) is 33.4 Å². The third kappa shape index (κ3) is 11.8. The molecule has 0 bridgehead atoms. The first-order valence-corrected chi connectivity index (χ1v) is 22.9. The molecule has 0 saturated carbocycles. The van der Waals surface area contributed by atoms with Gasteiger partial charge in [0.25, 0.3) is 17.6 Å². The number of nitriles is 1. The van der Waals surface area contributed by atoms with Gasteiger partial charge in [-0.05, 0) is 81.6 Å². The lowest BCUT2D eigenvalue weighted by molar-refractivity contribution is -0.137. The van der Waals surface area contributed by atoms with Crippen molar-refractivity contribution in [1.82, 2.24) is 69.0 Å². The number of carboxylic acid groups (broad SMARTS) is 4. The lowest BCUT2D eigenvalue weighted by atomic mass is 10.1. The number of nitrogens with one attached hydrogen (secondary N) is 4. The van der Waals surface area contributed by atoms with E-state index in [1.54, 1.807) is 0 Å². The smallest absolute Gasteiger partial charge is 0.351 e. The van der Waals surface area contributed by atoms with Crippen molar-refractivity contribution in [3.63, 3.8) is 0 Å². The second kappa shape index (κ2) is 22.7. The predicted molar refractivity (Wildman–Crippen MR) is 272 cm³/mol. The minimum Gasteiger partial charge on any atom is -0.481 e. The summed E-state index contributed by atoms with van der Waals surface area (Å²) < 4.78 is 4.56. The third-order valence-corrected chi connectivity index (χ3v) is 11.1. The Morgan fingerprint density at radius 3 is 1.51 bits per heavy atom. The molecule has 0 radical (unpaired) electrons. The van der Waals surface area contributed by atoms with E-state index < -0.39 is 35.3 Å². The van der Waals surface area contributed by atoms with Crippen LogP contribution in [0.25, 0.3) is 28.1 Å². The number of aromatic carboxylic acids is 2. The van der Waals surface area contributed by atoms with Crippen LogP contribution in [-0.2, 0) is 22.4 Å². The van der Waals surface area contributed by atoms with Gasteiger partial charge in [0.05, 0.1) is 64.7 Å². The van der Waals surface area contributed by atoms with E-state index in [1.165, 1.54) is 71.7 Å². The number of anilines is 4. The molecule has 34 heteroatoms. The summed E-state index contributed by atoms with van der Waals surface area (Å²) >= 11 is 0. The number of aliphatic carboxylic acids is 2. The minimum atomic E-state index is -1.20. The SMILES string of the molecule is [C-]#[N+]c1c(CCCc2nn(-c3ccc(C(=O)O)cc3)c(N=Nc3c(C)nn(-c4nc(NCCC(=O)O)[nH]c(=O)n4)c3N)c2C#N)nn(-c2ccc(C(=O)O)cc2)c1N=Nc1c(C)nn(-c2nc(NCCC(=O)O)[nH]c(=O)n2)c1N. The van der Waals surface area contributed by atoms with Gasteiger partial charge in [-0.3, -0.25) is 19.6 Å². The Morgan fingerprint density at radius 2 is 1.08 bits per heavy atom. The molecule has 2 aromatic carbocycles. The molecule has 400 valence electrons. The van der Waals surface area contributed by atoms with Crippen molar-refractivity contribution in [2.75, 3.05) is 35.2 Å². The van der Waals surface area contributed by atoms with Crippen LogP contribution in [0.2, 0.25) is 0 Å². The van der Waals surface area contributed by atoms with Gasteiger partial charge >= 0.3 is 35.3 Å². The number of carbonyl (C=O) groups is 4. The molecule has 0 spiro atoms. The number of carboxylic acids is 4. The molecule has 0 amide bonds. The van der Waals surface area contributed by atoms with Crippen molar-refractivity contribution in [2.24, 2.45) is 20.5 Å². The number of hydrogen-bond donors (Lipinski definition) is 10. The van der Waals surface area contributed by atoms with Crippen LogP contribution in [0.4, 0.5) is 52.2 Å². The number of nitrogens with two attached hydrogens (primary N) is 2. The molecule has 0 aliphatic carbocycles. The lowest BCUT2D eigenvalue weighted by Gasteiger charge is -2.06. The van der Waals surface area contributed by atoms with Crippen LogP contribution < -0.4 is 33.5 Å². The average Bonchev–Trinajstić information content (AvgIpc) is 4.12. The zero-order valence-corrected chi connectivity index (χ0v) is 41.0. The van der Waals surface area contributed by atoms with Crippen LogP contribution >= 0.6 is 0 Å². The highest BCUT2D eigenvalue weighted by Gasteiger charge is 2.25. The number of aromatic amines is 2. The fourth-order valence-electron chi connectivity index (χ4n) is 7.43. The molecular formula is C45H40N24O10. The monoisotopic (exact) mass is 1080 g/mol. The number of nitrogen functional groups attached to an aromatic ring is 2. The molecule has 0 aliphatic heterocycles. The van der Waals surface area contributed by atoms with Crippen molar-refractivity contribution in [2.45, 2.75) is 46.0 Å². The summed E-state index contributed by atoms with van der Waals surface area (Å²) in [6, 6.07) is 13.2. The van der Waals surface area contributed by atoms with Crippen molar-refractivity contribution >= 4 is 76.1 Å². The van der Waals surface area contributed by atoms with E-state index in [-0.39, 0.29) is 160 Å². The van der Waals surface area contributed by atoms with Crippen LogP contribution in [0.1, 0.15) is 68.3 Å². The Hall–Kier alpha value is -11.8. The lowest BCUT2D eigenvalue weighted by Crippen LogP contribution is -2.21. The first-order chi connectivity index (χ1) is 37.8. The fourth-order valence-corrected chi connectivity index (χ4v) is 7.43. The number of aryl methyl sites for hydroxylation is 4. The van der Waals surface area contributed by atoms with E-state index in [9.17, 15) is 44.2 Å². The van der Waals surface area contributed by atoms with E-state index in [4.69, 9.17) is 33.4 Å². The molecule has 8 aromatic rings. The highest BCUT2D eigenvalue weighted by atomic mass is 16.4. The molecular weight excluding hydrogens is 1040 g/mol. The van der Waals surface area contributed by atoms with Gasteiger partial charge in [-0.15, -0.1) is 20.5 Å². The van der Waals surface area contributed by atoms with Gasteiger partial charge in [-0.1, -0.05) is 0 Å². The first-order valence-electron chi connectivity index (χ1n) is 22.9. The summed E-state index contributed by atoms with van der Waals surface area (Å²) in [5.74, 6) is -5.97. The molecule has 0 saturated heterocycles. The van der Waals surface area contributed by atoms with Gasteiger partial charge < -0.3 is 42.5 Å². The van der Waals surface area contributed by atoms with E-state index in [2.05, 4.69) is 87.2 Å². The molecule has 0 fully saturated rings. The number of H-pyrrole nitrogens is 2. The Morgan fingerprint density at radius 1 is 0.646 bits per heavy atom. The molecule has 8 rings (SSSR count). The summed E-state index contributed by atoms with van der Waals surface area (Å²) in [5, 5.41) is 88.6. The molecule has 12 N–H and O–H groups in total. The molecule has 0 aliphatic rings. The Labute approximate surface area is 440 Å². The summed E-state index contributed by atoms with van der Waals surface area (Å²) in [4.78, 5) is 94.8. The maximum atomic E-state index is 12.4. The number of aromatic nitrogens is 14. The second-order valence-corrected chi connectivity index (χ2v) is 16.5.